The fourth-order valence-electron chi connectivity index (χ4n) is 2.70. The average Bonchev–Trinajstić information content (AvgIpc) is 3.03. The zero-order valence-electron chi connectivity index (χ0n) is 14.5. The van der Waals surface area contributed by atoms with E-state index >= 15 is 0 Å². The molecule has 0 unspecified atom stereocenters. The first-order valence-corrected chi connectivity index (χ1v) is 9.36. The van der Waals surface area contributed by atoms with Crippen molar-refractivity contribution in [2.75, 3.05) is 19.4 Å². The maximum absolute atomic E-state index is 11.4. The summed E-state index contributed by atoms with van der Waals surface area (Å²) in [5, 5.41) is 4.14. The minimum atomic E-state index is 0.0925. The maximum Gasteiger partial charge on any atom is 0.219 e. The van der Waals surface area contributed by atoms with E-state index in [4.69, 9.17) is 4.74 Å². The molecule has 4 nitrogen and oxygen atoms in total. The lowest BCUT2D eigenvalue weighted by atomic mass is 10.1. The molecule has 0 saturated heterocycles. The molecule has 0 aliphatic carbocycles. The number of H-pyrrole nitrogens is 1. The zero-order chi connectivity index (χ0) is 17.6. The molecule has 2 N–H and O–H groups in total. The summed E-state index contributed by atoms with van der Waals surface area (Å²) < 4.78 is 5.25. The lowest BCUT2D eigenvalue weighted by Gasteiger charge is -2.07. The molecule has 0 saturated carbocycles. The van der Waals surface area contributed by atoms with E-state index in [0.717, 1.165) is 28.3 Å². The summed E-state index contributed by atoms with van der Waals surface area (Å²) in [7, 11) is 1.67. The molecule has 0 fully saturated rings. The van der Waals surface area contributed by atoms with E-state index in [1.165, 1.54) is 10.3 Å². The van der Waals surface area contributed by atoms with Crippen molar-refractivity contribution in [2.45, 2.75) is 18.2 Å². The van der Waals surface area contributed by atoms with Gasteiger partial charge in [0.05, 0.1) is 12.8 Å². The number of fused-ring (bicyclic) bond motifs is 1. The highest BCUT2D eigenvalue weighted by atomic mass is 32.2. The third kappa shape index (κ3) is 3.99. The Kier molecular flexibility index (Phi) is 5.66. The number of amides is 1. The number of aromatic nitrogens is 1. The lowest BCUT2D eigenvalue weighted by Crippen LogP contribution is -2.24. The molecule has 1 aromatic heterocycles. The van der Waals surface area contributed by atoms with Gasteiger partial charge in [0.2, 0.25) is 5.91 Å². The van der Waals surface area contributed by atoms with Crippen LogP contribution in [0.15, 0.2) is 53.4 Å². The first-order chi connectivity index (χ1) is 12.2. The molecule has 2 aromatic carbocycles. The van der Waals surface area contributed by atoms with E-state index in [9.17, 15) is 4.79 Å². The quantitative estimate of drug-likeness (QED) is 0.486. The van der Waals surface area contributed by atoms with Gasteiger partial charge in [-0.15, -0.1) is 11.8 Å². The second-order valence-corrected chi connectivity index (χ2v) is 6.76. The van der Waals surface area contributed by atoms with Crippen molar-refractivity contribution in [3.05, 3.63) is 48.5 Å². The Morgan fingerprint density at radius 2 is 1.92 bits per heavy atom. The van der Waals surface area contributed by atoms with Crippen molar-refractivity contribution in [1.82, 2.24) is 10.3 Å². The van der Waals surface area contributed by atoms with Gasteiger partial charge in [0, 0.05) is 34.5 Å². The number of methoxy groups -OCH3 is 1. The predicted octanol–water partition coefficient (Wildman–Crippen LogP) is 4.46. The van der Waals surface area contributed by atoms with Gasteiger partial charge < -0.3 is 15.0 Å². The number of carbonyl (C=O) groups is 1. The maximum atomic E-state index is 11.4. The average molecular weight is 354 g/mol. The van der Waals surface area contributed by atoms with Crippen LogP contribution in [0.2, 0.25) is 0 Å². The van der Waals surface area contributed by atoms with Gasteiger partial charge in [0.15, 0.2) is 0 Å². The summed E-state index contributed by atoms with van der Waals surface area (Å²) in [5.41, 5.74) is 3.35. The number of nitrogens with one attached hydrogen (secondary N) is 2. The minimum Gasteiger partial charge on any atom is -0.497 e. The van der Waals surface area contributed by atoms with E-state index in [0.29, 0.717) is 13.0 Å². The summed E-state index contributed by atoms with van der Waals surface area (Å²) in [6.45, 7) is 2.53. The van der Waals surface area contributed by atoms with Gasteiger partial charge in [-0.2, -0.15) is 0 Å². The predicted molar refractivity (Wildman–Crippen MR) is 104 cm³/mol. The van der Waals surface area contributed by atoms with Crippen LogP contribution in [0.25, 0.3) is 22.2 Å². The fraction of sp³-hybridized carbons (Fsp3) is 0.250. The standard InChI is InChI=1S/C20H22N2O2S/c1-3-18(23)21-12-13-25-20-16-6-4-5-7-17(16)22-19(20)14-8-10-15(24-2)11-9-14/h4-11,22H,3,12-13H2,1-2H3,(H,21,23). The van der Waals surface area contributed by atoms with Crippen molar-refractivity contribution in [2.24, 2.45) is 0 Å². The molecule has 0 radical (unpaired) electrons. The van der Waals surface area contributed by atoms with Gasteiger partial charge in [0.25, 0.3) is 0 Å². The molecule has 0 aliphatic heterocycles. The first kappa shape index (κ1) is 17.4. The number of benzene rings is 2. The molecule has 3 aromatic rings. The molecule has 0 bridgehead atoms. The fourth-order valence-corrected chi connectivity index (χ4v) is 3.75. The summed E-state index contributed by atoms with van der Waals surface area (Å²) in [6.07, 6.45) is 0.523. The van der Waals surface area contributed by atoms with Gasteiger partial charge in [-0.1, -0.05) is 25.1 Å². The number of carbonyl (C=O) groups excluding carboxylic acids is 1. The van der Waals surface area contributed by atoms with E-state index in [1.807, 2.05) is 25.1 Å². The largest absolute Gasteiger partial charge is 0.497 e. The Hall–Kier alpha value is -2.40. The van der Waals surface area contributed by atoms with Crippen molar-refractivity contribution in [1.29, 1.82) is 0 Å². The van der Waals surface area contributed by atoms with Crippen LogP contribution < -0.4 is 10.1 Å². The second-order valence-electron chi connectivity index (χ2n) is 5.66. The molecule has 25 heavy (non-hydrogen) atoms. The normalized spacial score (nSPS) is 10.8. The Bertz CT molecular complexity index is 856. The molecule has 0 spiro atoms. The third-order valence-corrected chi connectivity index (χ3v) is 5.15. The molecule has 0 aliphatic rings. The van der Waals surface area contributed by atoms with E-state index in [2.05, 4.69) is 40.6 Å². The molecule has 3 rings (SSSR count). The van der Waals surface area contributed by atoms with Crippen molar-refractivity contribution >= 4 is 28.6 Å². The van der Waals surface area contributed by atoms with Crippen LogP contribution in [-0.2, 0) is 4.79 Å². The topological polar surface area (TPSA) is 54.1 Å². The molecule has 1 amide bonds. The van der Waals surface area contributed by atoms with Crippen LogP contribution in [0.1, 0.15) is 13.3 Å². The summed E-state index contributed by atoms with van der Waals surface area (Å²) in [6, 6.07) is 16.4. The molecule has 1 heterocycles. The Morgan fingerprint density at radius 1 is 1.16 bits per heavy atom. The van der Waals surface area contributed by atoms with Crippen LogP contribution in [0.3, 0.4) is 0 Å². The number of hydrogen-bond donors (Lipinski definition) is 2. The van der Waals surface area contributed by atoms with E-state index in [-0.39, 0.29) is 5.91 Å². The van der Waals surface area contributed by atoms with Crippen LogP contribution >= 0.6 is 11.8 Å². The lowest BCUT2D eigenvalue weighted by molar-refractivity contribution is -0.120. The van der Waals surface area contributed by atoms with Gasteiger partial charge in [-0.3, -0.25) is 4.79 Å². The smallest absolute Gasteiger partial charge is 0.219 e. The molecule has 5 heteroatoms. The van der Waals surface area contributed by atoms with Crippen LogP contribution in [0.5, 0.6) is 5.75 Å². The highest BCUT2D eigenvalue weighted by Crippen LogP contribution is 2.37. The number of thioether (sulfide) groups is 1. The Labute approximate surface area is 152 Å². The number of rotatable bonds is 7. The zero-order valence-corrected chi connectivity index (χ0v) is 15.3. The highest BCUT2D eigenvalue weighted by molar-refractivity contribution is 7.99. The van der Waals surface area contributed by atoms with Gasteiger partial charge in [-0.25, -0.2) is 0 Å². The van der Waals surface area contributed by atoms with Crippen LogP contribution in [0, 0.1) is 0 Å². The second kappa shape index (κ2) is 8.12. The first-order valence-electron chi connectivity index (χ1n) is 8.37. The van der Waals surface area contributed by atoms with Gasteiger partial charge >= 0.3 is 0 Å². The highest BCUT2D eigenvalue weighted by Gasteiger charge is 2.13. The van der Waals surface area contributed by atoms with Gasteiger partial charge in [-0.05, 0) is 35.9 Å². The number of aromatic amines is 1. The Balaban J connectivity index is 1.87. The molecular weight excluding hydrogens is 332 g/mol. The molecule has 0 atom stereocenters. The SMILES string of the molecule is CCC(=O)NCCSc1c(-c2ccc(OC)cc2)[nH]c2ccccc12. The molecular formula is C20H22N2O2S. The number of hydrogen-bond acceptors (Lipinski definition) is 3. The monoisotopic (exact) mass is 354 g/mol. The van der Waals surface area contributed by atoms with E-state index < -0.39 is 0 Å². The van der Waals surface area contributed by atoms with Crippen molar-refractivity contribution < 1.29 is 9.53 Å². The summed E-state index contributed by atoms with van der Waals surface area (Å²) in [4.78, 5) is 16.1. The van der Waals surface area contributed by atoms with Crippen molar-refractivity contribution in [3.63, 3.8) is 0 Å². The number of ether oxygens (including phenoxy) is 1. The third-order valence-electron chi connectivity index (χ3n) is 4.03. The molecule has 130 valence electrons. The van der Waals surface area contributed by atoms with Crippen LogP contribution in [-0.4, -0.2) is 30.3 Å². The minimum absolute atomic E-state index is 0.0925. The van der Waals surface area contributed by atoms with Crippen molar-refractivity contribution in [3.8, 4) is 17.0 Å². The van der Waals surface area contributed by atoms with E-state index in [1.54, 1.807) is 18.9 Å². The van der Waals surface area contributed by atoms with Crippen LogP contribution in [0.4, 0.5) is 0 Å². The Morgan fingerprint density at radius 3 is 2.64 bits per heavy atom. The summed E-state index contributed by atoms with van der Waals surface area (Å²) in [5.74, 6) is 1.77. The van der Waals surface area contributed by atoms with Gasteiger partial charge in [0.1, 0.15) is 5.75 Å². The number of para-hydroxylation sites is 1. The summed E-state index contributed by atoms with van der Waals surface area (Å²) >= 11 is 1.76.